The highest BCUT2D eigenvalue weighted by atomic mass is 19.4. The van der Waals surface area contributed by atoms with E-state index in [0.717, 1.165) is 12.3 Å². The van der Waals surface area contributed by atoms with Crippen LogP contribution in [0.4, 0.5) is 29.1 Å². The topological polar surface area (TPSA) is 127 Å². The van der Waals surface area contributed by atoms with E-state index in [2.05, 4.69) is 25.7 Å². The van der Waals surface area contributed by atoms with Crippen LogP contribution in [0.3, 0.4) is 0 Å². The summed E-state index contributed by atoms with van der Waals surface area (Å²) in [5, 5.41) is 11.4. The second-order valence-electron chi connectivity index (χ2n) is 8.77. The molecule has 0 bridgehead atoms. The summed E-state index contributed by atoms with van der Waals surface area (Å²) >= 11 is 0. The van der Waals surface area contributed by atoms with Gasteiger partial charge in [-0.05, 0) is 43.4 Å². The smallest absolute Gasteiger partial charge is 0.423 e. The lowest BCUT2D eigenvalue weighted by Gasteiger charge is -2.18. The number of nitrogens with zero attached hydrogens (tertiary/aromatic N) is 4. The molecule has 10 nitrogen and oxygen atoms in total. The van der Waals surface area contributed by atoms with Crippen LogP contribution in [0.2, 0.25) is 0 Å². The van der Waals surface area contributed by atoms with Gasteiger partial charge in [-0.2, -0.15) is 18.3 Å². The second kappa shape index (κ2) is 11.1. The van der Waals surface area contributed by atoms with Crippen LogP contribution in [-0.4, -0.2) is 44.9 Å². The highest BCUT2D eigenvalue weighted by Crippen LogP contribution is 2.32. The van der Waals surface area contributed by atoms with E-state index < -0.39 is 40.4 Å². The maximum atomic E-state index is 15.0. The number of halogens is 4. The normalized spacial score (nSPS) is 12.4. The van der Waals surface area contributed by atoms with Crippen molar-refractivity contribution in [3.63, 3.8) is 0 Å². The van der Waals surface area contributed by atoms with Crippen LogP contribution in [0.1, 0.15) is 25.3 Å². The number of rotatable bonds is 9. The van der Waals surface area contributed by atoms with Gasteiger partial charge in [0.1, 0.15) is 11.4 Å². The van der Waals surface area contributed by atoms with Crippen molar-refractivity contribution in [2.24, 2.45) is 0 Å². The molecule has 0 amide bonds. The summed E-state index contributed by atoms with van der Waals surface area (Å²) < 4.78 is 61.4. The molecule has 0 saturated heterocycles. The number of methoxy groups -OCH3 is 1. The molecule has 3 N–H and O–H groups in total. The molecule has 3 heterocycles. The van der Waals surface area contributed by atoms with Crippen LogP contribution in [-0.2, 0) is 12.7 Å². The van der Waals surface area contributed by atoms with E-state index in [1.165, 1.54) is 23.9 Å². The molecular formula is C25H25F4N7O3. The fourth-order valence-electron chi connectivity index (χ4n) is 4.18. The molecule has 4 aromatic rings. The van der Waals surface area contributed by atoms with Gasteiger partial charge < -0.3 is 19.9 Å². The average Bonchev–Trinajstić information content (AvgIpc) is 2.89. The van der Waals surface area contributed by atoms with Crippen LogP contribution in [0.5, 0.6) is 5.75 Å². The number of anilines is 2. The van der Waals surface area contributed by atoms with Gasteiger partial charge >= 0.3 is 6.18 Å². The Hall–Kier alpha value is -4.49. The van der Waals surface area contributed by atoms with Gasteiger partial charge in [0, 0.05) is 25.8 Å². The molecule has 0 aliphatic heterocycles. The minimum atomic E-state index is -4.85. The van der Waals surface area contributed by atoms with Gasteiger partial charge in [0.05, 0.1) is 36.1 Å². The van der Waals surface area contributed by atoms with Crippen molar-refractivity contribution in [3.8, 4) is 17.1 Å². The summed E-state index contributed by atoms with van der Waals surface area (Å²) in [6, 6.07) is 3.84. The van der Waals surface area contributed by atoms with Crippen molar-refractivity contribution >= 4 is 22.3 Å². The first-order valence-corrected chi connectivity index (χ1v) is 11.9. The summed E-state index contributed by atoms with van der Waals surface area (Å²) in [5.74, 6) is 0.222. The molecule has 3 aromatic heterocycles. The third-order valence-electron chi connectivity index (χ3n) is 6.09. The van der Waals surface area contributed by atoms with Gasteiger partial charge in [0.2, 0.25) is 0 Å². The number of fused-ring (bicyclic) bond motifs is 1. The molecule has 4 rings (SSSR count). The number of hydrogen-bond acceptors (Lipinski definition) is 8. The van der Waals surface area contributed by atoms with Gasteiger partial charge in [0.15, 0.2) is 17.4 Å². The van der Waals surface area contributed by atoms with E-state index in [4.69, 9.17) is 4.74 Å². The van der Waals surface area contributed by atoms with Gasteiger partial charge in [-0.1, -0.05) is 0 Å². The Bertz CT molecular complexity index is 1620. The van der Waals surface area contributed by atoms with Crippen molar-refractivity contribution in [1.82, 2.24) is 24.7 Å². The number of hydrogen-bond donors (Lipinski definition) is 3. The van der Waals surface area contributed by atoms with Gasteiger partial charge in [-0.25, -0.2) is 19.5 Å². The lowest BCUT2D eigenvalue weighted by molar-refractivity contribution is -0.138. The SMILES string of the molecule is CNc1nc(-c2cc3ccn(CCC[C@H](C)Nc4cn[nH]c(=O)c4C(F)(F)F)c(=O)c3cc2F)ncc1OC. The van der Waals surface area contributed by atoms with Crippen molar-refractivity contribution < 1.29 is 22.3 Å². The van der Waals surface area contributed by atoms with Crippen LogP contribution >= 0.6 is 0 Å². The first-order valence-electron chi connectivity index (χ1n) is 11.9. The molecule has 0 radical (unpaired) electrons. The Labute approximate surface area is 219 Å². The third-order valence-corrected chi connectivity index (χ3v) is 6.09. The molecule has 0 unspecified atom stereocenters. The van der Waals surface area contributed by atoms with E-state index in [1.54, 1.807) is 31.3 Å². The van der Waals surface area contributed by atoms with E-state index in [9.17, 15) is 22.8 Å². The monoisotopic (exact) mass is 547 g/mol. The molecule has 14 heteroatoms. The van der Waals surface area contributed by atoms with E-state index in [0.29, 0.717) is 29.8 Å². The van der Waals surface area contributed by atoms with Gasteiger partial charge in [-0.3, -0.25) is 9.59 Å². The number of alkyl halides is 3. The Morgan fingerprint density at radius 3 is 2.67 bits per heavy atom. The summed E-state index contributed by atoms with van der Waals surface area (Å²) in [4.78, 5) is 33.1. The molecule has 0 fully saturated rings. The number of aromatic nitrogens is 5. The maximum Gasteiger partial charge on any atom is 0.423 e. The molecule has 0 saturated carbocycles. The number of aromatic amines is 1. The first-order chi connectivity index (χ1) is 18.5. The molecule has 39 heavy (non-hydrogen) atoms. The van der Waals surface area contributed by atoms with Crippen LogP contribution in [0.15, 0.2) is 46.4 Å². The van der Waals surface area contributed by atoms with Gasteiger partial charge in [0.25, 0.3) is 11.1 Å². The Morgan fingerprint density at radius 1 is 1.21 bits per heavy atom. The van der Waals surface area contributed by atoms with E-state index in [-0.39, 0.29) is 23.3 Å². The number of aryl methyl sites for hydroxylation is 1. The predicted octanol–water partition coefficient (Wildman–Crippen LogP) is 4.03. The summed E-state index contributed by atoms with van der Waals surface area (Å²) in [6.45, 7) is 1.90. The summed E-state index contributed by atoms with van der Waals surface area (Å²) in [5.41, 5.74) is -3.40. The summed E-state index contributed by atoms with van der Waals surface area (Å²) in [6.07, 6.45) is -0.146. The zero-order valence-electron chi connectivity index (χ0n) is 21.2. The average molecular weight is 548 g/mol. The fourth-order valence-corrected chi connectivity index (χ4v) is 4.18. The Morgan fingerprint density at radius 2 is 1.97 bits per heavy atom. The zero-order valence-corrected chi connectivity index (χ0v) is 21.2. The largest absolute Gasteiger partial charge is 0.491 e. The third kappa shape index (κ3) is 5.84. The minimum absolute atomic E-state index is 0.117. The quantitative estimate of drug-likeness (QED) is 0.268. The number of nitrogens with one attached hydrogen (secondary N) is 3. The number of pyridine rings is 1. The van der Waals surface area contributed by atoms with Crippen LogP contribution in [0.25, 0.3) is 22.2 Å². The Kier molecular flexibility index (Phi) is 7.83. The zero-order chi connectivity index (χ0) is 28.3. The van der Waals surface area contributed by atoms with Crippen LogP contribution < -0.4 is 26.5 Å². The molecule has 0 aliphatic carbocycles. The maximum absolute atomic E-state index is 15.0. The fraction of sp³-hybridized carbons (Fsp3) is 0.320. The number of H-pyrrole nitrogens is 1. The highest BCUT2D eigenvalue weighted by molar-refractivity contribution is 5.86. The molecule has 206 valence electrons. The van der Waals surface area contributed by atoms with E-state index >= 15 is 4.39 Å². The second-order valence-corrected chi connectivity index (χ2v) is 8.77. The standard InChI is InChI=1S/C25H25F4N7O3/c1-13(33-18-11-32-35-23(37)20(18)25(27,28)29)5-4-7-36-8-6-14-9-16(17(26)10-15(14)24(36)38)21-31-12-19(39-3)22(30-2)34-21/h6,8-13H,4-5,7H2,1-3H3,(H,30,31,34)(H2,33,35,37)/t13-/m0/s1. The van der Waals surface area contributed by atoms with Gasteiger partial charge in [-0.15, -0.1) is 0 Å². The number of benzene rings is 1. The van der Waals surface area contributed by atoms with Crippen LogP contribution in [0, 0.1) is 5.82 Å². The highest BCUT2D eigenvalue weighted by Gasteiger charge is 2.37. The molecule has 0 aliphatic rings. The first kappa shape index (κ1) is 27.5. The molecular weight excluding hydrogens is 522 g/mol. The van der Waals surface area contributed by atoms with E-state index in [1.807, 2.05) is 0 Å². The lowest BCUT2D eigenvalue weighted by Crippen LogP contribution is -2.27. The Balaban J connectivity index is 1.49. The lowest BCUT2D eigenvalue weighted by atomic mass is 10.1. The van der Waals surface area contributed by atoms with Crippen molar-refractivity contribution in [3.05, 3.63) is 68.9 Å². The molecule has 1 aromatic carbocycles. The molecule has 1 atom stereocenters. The number of ether oxygens (including phenoxy) is 1. The molecule has 0 spiro atoms. The minimum Gasteiger partial charge on any atom is -0.491 e. The predicted molar refractivity (Wildman–Crippen MR) is 137 cm³/mol. The van der Waals surface area contributed by atoms with Crippen molar-refractivity contribution in [1.29, 1.82) is 0 Å². The summed E-state index contributed by atoms with van der Waals surface area (Å²) in [7, 11) is 3.11. The van der Waals surface area contributed by atoms with Crippen molar-refractivity contribution in [2.75, 3.05) is 24.8 Å². The van der Waals surface area contributed by atoms with Crippen molar-refractivity contribution in [2.45, 2.75) is 38.5 Å².